The molecule has 3 nitrogen and oxygen atoms in total. The van der Waals surface area contributed by atoms with Gasteiger partial charge >= 0.3 is 0 Å². The highest BCUT2D eigenvalue weighted by Crippen LogP contribution is 2.21. The number of hydrogen-bond donors (Lipinski definition) is 1. The standard InChI is InChI=1S/C9H13O3P/c1-11-9-3-7(5-12-6-13)2-8(10)4-9/h2-4,10H,5-6,13H2,1H3. The van der Waals surface area contributed by atoms with Gasteiger partial charge in [-0.05, 0) is 17.7 Å². The zero-order valence-corrected chi connectivity index (χ0v) is 8.64. The van der Waals surface area contributed by atoms with Gasteiger partial charge in [0.2, 0.25) is 0 Å². The van der Waals surface area contributed by atoms with Crippen molar-refractivity contribution in [2.24, 2.45) is 0 Å². The van der Waals surface area contributed by atoms with Gasteiger partial charge in [-0.15, -0.1) is 9.24 Å². The van der Waals surface area contributed by atoms with Crippen LogP contribution in [0.3, 0.4) is 0 Å². The lowest BCUT2D eigenvalue weighted by atomic mass is 10.2. The van der Waals surface area contributed by atoms with E-state index in [9.17, 15) is 5.11 Å². The molecule has 1 unspecified atom stereocenters. The van der Waals surface area contributed by atoms with Gasteiger partial charge in [0.1, 0.15) is 11.5 Å². The molecule has 4 heteroatoms. The Morgan fingerprint density at radius 2 is 2.15 bits per heavy atom. The summed E-state index contributed by atoms with van der Waals surface area (Å²) in [6.45, 7) is 0.480. The Morgan fingerprint density at radius 3 is 2.77 bits per heavy atom. The molecule has 1 atom stereocenters. The van der Waals surface area contributed by atoms with E-state index >= 15 is 0 Å². The molecular formula is C9H13O3P. The van der Waals surface area contributed by atoms with Crippen molar-refractivity contribution < 1.29 is 14.6 Å². The SMILES string of the molecule is COc1cc(O)cc(COCP)c1. The van der Waals surface area contributed by atoms with E-state index in [1.54, 1.807) is 19.2 Å². The van der Waals surface area contributed by atoms with Crippen molar-refractivity contribution in [1.82, 2.24) is 0 Å². The van der Waals surface area contributed by atoms with Crippen LogP contribution in [0.2, 0.25) is 0 Å². The first-order valence-electron chi connectivity index (χ1n) is 3.91. The maximum atomic E-state index is 9.28. The predicted molar refractivity (Wildman–Crippen MR) is 54.0 cm³/mol. The Morgan fingerprint density at radius 1 is 1.38 bits per heavy atom. The van der Waals surface area contributed by atoms with Crippen molar-refractivity contribution in [3.63, 3.8) is 0 Å². The van der Waals surface area contributed by atoms with Crippen LogP contribution in [0.5, 0.6) is 11.5 Å². The summed E-state index contributed by atoms with van der Waals surface area (Å²) in [5.74, 6) is 0.837. The summed E-state index contributed by atoms with van der Waals surface area (Å²) in [5.41, 5.74) is 0.902. The largest absolute Gasteiger partial charge is 0.508 e. The van der Waals surface area contributed by atoms with Crippen molar-refractivity contribution in [3.05, 3.63) is 23.8 Å². The molecule has 0 fully saturated rings. The fourth-order valence-corrected chi connectivity index (χ4v) is 1.14. The lowest BCUT2D eigenvalue weighted by Crippen LogP contribution is -1.91. The van der Waals surface area contributed by atoms with Crippen LogP contribution in [-0.4, -0.2) is 18.6 Å². The lowest BCUT2D eigenvalue weighted by Gasteiger charge is -2.05. The van der Waals surface area contributed by atoms with Gasteiger partial charge in [0.25, 0.3) is 0 Å². The molecule has 0 amide bonds. The van der Waals surface area contributed by atoms with Crippen LogP contribution < -0.4 is 4.74 Å². The van der Waals surface area contributed by atoms with Gasteiger partial charge < -0.3 is 14.6 Å². The summed E-state index contributed by atoms with van der Waals surface area (Å²) < 4.78 is 10.2. The second-order valence-corrected chi connectivity index (χ2v) is 2.89. The molecule has 1 aromatic rings. The van der Waals surface area contributed by atoms with Crippen LogP contribution >= 0.6 is 9.24 Å². The number of benzene rings is 1. The molecule has 0 heterocycles. The fourth-order valence-electron chi connectivity index (χ4n) is 1.02. The average molecular weight is 200 g/mol. The van der Waals surface area contributed by atoms with E-state index in [2.05, 4.69) is 9.24 Å². The maximum absolute atomic E-state index is 9.28. The van der Waals surface area contributed by atoms with Gasteiger partial charge in [-0.2, -0.15) is 0 Å². The highest BCUT2D eigenvalue weighted by Gasteiger charge is 1.99. The van der Waals surface area contributed by atoms with Gasteiger partial charge in [-0.3, -0.25) is 0 Å². The molecule has 0 aliphatic carbocycles. The number of methoxy groups -OCH3 is 1. The third-order valence-electron chi connectivity index (χ3n) is 1.57. The van der Waals surface area contributed by atoms with Crippen LogP contribution in [0.1, 0.15) is 5.56 Å². The Labute approximate surface area is 79.9 Å². The highest BCUT2D eigenvalue weighted by molar-refractivity contribution is 7.16. The number of phenols is 1. The van der Waals surface area contributed by atoms with E-state index in [0.717, 1.165) is 5.56 Å². The number of hydrogen-bond acceptors (Lipinski definition) is 3. The van der Waals surface area contributed by atoms with Crippen LogP contribution in [0, 0.1) is 0 Å². The Balaban J connectivity index is 2.76. The lowest BCUT2D eigenvalue weighted by molar-refractivity contribution is 0.168. The fraction of sp³-hybridized carbons (Fsp3) is 0.333. The molecule has 0 aliphatic rings. The maximum Gasteiger partial charge on any atom is 0.122 e. The third-order valence-corrected chi connectivity index (χ3v) is 1.81. The van der Waals surface area contributed by atoms with Gasteiger partial charge in [0.15, 0.2) is 0 Å². The number of rotatable bonds is 4. The van der Waals surface area contributed by atoms with E-state index in [0.29, 0.717) is 18.7 Å². The van der Waals surface area contributed by atoms with E-state index < -0.39 is 0 Å². The first-order valence-corrected chi connectivity index (χ1v) is 4.72. The molecule has 72 valence electrons. The molecule has 0 bridgehead atoms. The predicted octanol–water partition coefficient (Wildman–Crippen LogP) is 1.75. The molecule has 0 aliphatic heterocycles. The first-order chi connectivity index (χ1) is 6.26. The average Bonchev–Trinajstić information content (AvgIpc) is 2.14. The quantitative estimate of drug-likeness (QED) is 0.752. The third kappa shape index (κ3) is 3.21. The Hall–Kier alpha value is -0.790. The summed E-state index contributed by atoms with van der Waals surface area (Å²) in [6, 6.07) is 5.05. The molecule has 1 N–H and O–H groups in total. The topological polar surface area (TPSA) is 38.7 Å². The molecule has 0 saturated carbocycles. The van der Waals surface area contributed by atoms with Crippen LogP contribution in [0.15, 0.2) is 18.2 Å². The molecule has 0 radical (unpaired) electrons. The van der Waals surface area contributed by atoms with Crippen molar-refractivity contribution in [2.75, 3.05) is 13.5 Å². The Kier molecular flexibility index (Phi) is 4.00. The normalized spacial score (nSPS) is 10.0. The van der Waals surface area contributed by atoms with Crippen molar-refractivity contribution in [3.8, 4) is 11.5 Å². The summed E-state index contributed by atoms with van der Waals surface area (Å²) in [5, 5.41) is 9.28. The van der Waals surface area contributed by atoms with Crippen LogP contribution in [-0.2, 0) is 11.3 Å². The van der Waals surface area contributed by atoms with Gasteiger partial charge in [0.05, 0.1) is 20.1 Å². The molecule has 0 spiro atoms. The minimum absolute atomic E-state index is 0.196. The van der Waals surface area contributed by atoms with Crippen molar-refractivity contribution in [1.29, 1.82) is 0 Å². The highest BCUT2D eigenvalue weighted by atomic mass is 31.0. The first kappa shape index (κ1) is 10.3. The van der Waals surface area contributed by atoms with Gasteiger partial charge in [0, 0.05) is 6.07 Å². The van der Waals surface area contributed by atoms with Gasteiger partial charge in [-0.1, -0.05) is 0 Å². The minimum Gasteiger partial charge on any atom is -0.508 e. The van der Waals surface area contributed by atoms with E-state index in [4.69, 9.17) is 9.47 Å². The van der Waals surface area contributed by atoms with Crippen molar-refractivity contribution in [2.45, 2.75) is 6.61 Å². The monoisotopic (exact) mass is 200 g/mol. The molecule has 1 rings (SSSR count). The second kappa shape index (κ2) is 5.05. The zero-order valence-electron chi connectivity index (χ0n) is 7.49. The number of phenolic OH excluding ortho intramolecular Hbond substituents is 1. The van der Waals surface area contributed by atoms with E-state index in [-0.39, 0.29) is 5.75 Å². The molecule has 0 saturated heterocycles. The summed E-state index contributed by atoms with van der Waals surface area (Å²) in [4.78, 5) is 0. The number of ether oxygens (including phenoxy) is 2. The van der Waals surface area contributed by atoms with Gasteiger partial charge in [-0.25, -0.2) is 0 Å². The summed E-state index contributed by atoms with van der Waals surface area (Å²) in [6.07, 6.45) is 0.581. The van der Waals surface area contributed by atoms with Crippen LogP contribution in [0.4, 0.5) is 0 Å². The van der Waals surface area contributed by atoms with Crippen LogP contribution in [0.25, 0.3) is 0 Å². The zero-order chi connectivity index (χ0) is 9.68. The summed E-state index contributed by atoms with van der Waals surface area (Å²) in [7, 11) is 4.03. The molecule has 13 heavy (non-hydrogen) atoms. The molecule has 1 aromatic carbocycles. The molecule has 0 aromatic heterocycles. The summed E-state index contributed by atoms with van der Waals surface area (Å²) >= 11 is 0. The van der Waals surface area contributed by atoms with E-state index in [1.807, 2.05) is 6.07 Å². The van der Waals surface area contributed by atoms with Crippen molar-refractivity contribution >= 4 is 9.24 Å². The minimum atomic E-state index is 0.196. The second-order valence-electron chi connectivity index (χ2n) is 2.55. The van der Waals surface area contributed by atoms with E-state index in [1.165, 1.54) is 0 Å². The number of aromatic hydroxyl groups is 1. The molecular weight excluding hydrogens is 187 g/mol. The Bertz CT molecular complexity index is 276. The smallest absolute Gasteiger partial charge is 0.122 e.